The zero-order valence-corrected chi connectivity index (χ0v) is 25.2. The predicted molar refractivity (Wildman–Crippen MR) is 162 cm³/mol. The first-order valence-corrected chi connectivity index (χ1v) is 16.7. The van der Waals surface area contributed by atoms with E-state index in [0.717, 1.165) is 76.0 Å². The number of fused-ring (bicyclic) bond motifs is 6. The molecule has 4 fully saturated rings. The number of pyridine rings is 1. The van der Waals surface area contributed by atoms with E-state index in [9.17, 15) is 24.3 Å². The molecular formula is C34H43N3O7. The molecule has 236 valence electrons. The van der Waals surface area contributed by atoms with Crippen LogP contribution in [0.2, 0.25) is 0 Å². The van der Waals surface area contributed by atoms with Crippen molar-refractivity contribution in [2.24, 2.45) is 23.7 Å². The Kier molecular flexibility index (Phi) is 8.01. The third-order valence-corrected chi connectivity index (χ3v) is 11.0. The molecule has 2 N–H and O–H groups in total. The Morgan fingerprint density at radius 1 is 0.818 bits per heavy atom. The van der Waals surface area contributed by atoms with Crippen LogP contribution in [0.25, 0.3) is 10.8 Å². The van der Waals surface area contributed by atoms with Crippen molar-refractivity contribution in [2.45, 2.75) is 108 Å². The summed E-state index contributed by atoms with van der Waals surface area (Å²) in [6, 6.07) is 7.39. The molecule has 0 spiro atoms. The van der Waals surface area contributed by atoms with Gasteiger partial charge in [-0.15, -0.1) is 0 Å². The van der Waals surface area contributed by atoms with Gasteiger partial charge in [0.1, 0.15) is 24.3 Å². The quantitative estimate of drug-likeness (QED) is 0.508. The fourth-order valence-electron chi connectivity index (χ4n) is 8.48. The molecular weight excluding hydrogens is 562 g/mol. The molecule has 2 amide bonds. The van der Waals surface area contributed by atoms with Crippen molar-refractivity contribution in [1.82, 2.24) is 14.8 Å². The number of nitrogens with one attached hydrogen (secondary N) is 1. The van der Waals surface area contributed by atoms with E-state index >= 15 is 0 Å². The van der Waals surface area contributed by atoms with Crippen molar-refractivity contribution in [3.05, 3.63) is 40.7 Å². The zero-order valence-electron chi connectivity index (χ0n) is 25.2. The number of aliphatic carboxylic acids is 1. The van der Waals surface area contributed by atoms with Crippen molar-refractivity contribution >= 4 is 28.7 Å². The normalized spacial score (nSPS) is 33.2. The molecule has 10 nitrogen and oxygen atoms in total. The number of amides is 2. The van der Waals surface area contributed by atoms with Crippen LogP contribution in [0.1, 0.15) is 77.0 Å². The number of benzene rings is 1. The minimum absolute atomic E-state index is 0.0630. The first kappa shape index (κ1) is 29.2. The van der Waals surface area contributed by atoms with Gasteiger partial charge in [-0.1, -0.05) is 43.9 Å². The number of alkyl carbamates (subject to hydrolysis) is 1. The summed E-state index contributed by atoms with van der Waals surface area (Å²) in [5.74, 6) is 0.0593. The van der Waals surface area contributed by atoms with Gasteiger partial charge in [0.25, 0.3) is 5.56 Å². The molecule has 1 saturated heterocycles. The zero-order chi connectivity index (χ0) is 30.4. The van der Waals surface area contributed by atoms with Crippen LogP contribution >= 0.6 is 0 Å². The van der Waals surface area contributed by atoms with E-state index in [1.165, 1.54) is 4.90 Å². The number of aromatic nitrogens is 1. The monoisotopic (exact) mass is 605 g/mol. The number of carbonyl (C=O) groups is 3. The number of carboxylic acid groups (broad SMARTS) is 1. The van der Waals surface area contributed by atoms with Crippen molar-refractivity contribution < 1.29 is 29.0 Å². The maximum absolute atomic E-state index is 14.1. The highest BCUT2D eigenvalue weighted by molar-refractivity contribution is 5.90. The summed E-state index contributed by atoms with van der Waals surface area (Å²) in [6.07, 6.45) is 9.31. The van der Waals surface area contributed by atoms with Crippen LogP contribution in [0.3, 0.4) is 0 Å². The van der Waals surface area contributed by atoms with Gasteiger partial charge in [-0.2, -0.15) is 0 Å². The lowest BCUT2D eigenvalue weighted by Crippen LogP contribution is -2.55. The minimum atomic E-state index is -1.11. The molecule has 0 radical (unpaired) electrons. The second kappa shape index (κ2) is 12.1. The molecule has 3 heterocycles. The average molecular weight is 606 g/mol. The van der Waals surface area contributed by atoms with Crippen LogP contribution in [-0.2, 0) is 20.9 Å². The molecule has 2 aromatic rings. The van der Waals surface area contributed by atoms with Crippen molar-refractivity contribution in [3.8, 4) is 5.88 Å². The van der Waals surface area contributed by atoms with Crippen molar-refractivity contribution in [1.29, 1.82) is 0 Å². The van der Waals surface area contributed by atoms with Crippen LogP contribution in [0, 0.1) is 23.7 Å². The molecule has 5 aliphatic rings. The van der Waals surface area contributed by atoms with Crippen LogP contribution < -0.4 is 15.6 Å². The number of ether oxygens (including phenoxy) is 2. The maximum Gasteiger partial charge on any atom is 0.408 e. The van der Waals surface area contributed by atoms with E-state index in [-0.39, 0.29) is 30.5 Å². The second-order valence-corrected chi connectivity index (χ2v) is 13.8. The van der Waals surface area contributed by atoms with Gasteiger partial charge in [-0.25, -0.2) is 9.59 Å². The van der Waals surface area contributed by atoms with E-state index in [1.807, 2.05) is 30.3 Å². The molecule has 3 saturated carbocycles. The number of hydrogen-bond acceptors (Lipinski definition) is 6. The Hall–Kier alpha value is -3.56. The van der Waals surface area contributed by atoms with Crippen LogP contribution in [-0.4, -0.2) is 63.4 Å². The summed E-state index contributed by atoms with van der Waals surface area (Å²) in [7, 11) is 0. The average Bonchev–Trinajstić information content (AvgIpc) is 3.41. The van der Waals surface area contributed by atoms with E-state index in [0.29, 0.717) is 35.6 Å². The molecule has 2 aliphatic heterocycles. The Labute approximate surface area is 257 Å². The summed E-state index contributed by atoms with van der Waals surface area (Å²) in [4.78, 5) is 54.9. The number of nitrogens with zero attached hydrogens (tertiary/aromatic N) is 2. The topological polar surface area (TPSA) is 127 Å². The molecule has 7 rings (SSSR count). The molecule has 7 atom stereocenters. The van der Waals surface area contributed by atoms with Gasteiger partial charge < -0.3 is 24.8 Å². The van der Waals surface area contributed by atoms with Crippen LogP contribution in [0.4, 0.5) is 4.79 Å². The molecule has 1 aromatic heterocycles. The van der Waals surface area contributed by atoms with Gasteiger partial charge in [0.15, 0.2) is 5.88 Å². The van der Waals surface area contributed by atoms with E-state index in [4.69, 9.17) is 9.47 Å². The van der Waals surface area contributed by atoms with Gasteiger partial charge in [0.05, 0.1) is 6.54 Å². The van der Waals surface area contributed by atoms with Crippen molar-refractivity contribution in [3.63, 3.8) is 0 Å². The van der Waals surface area contributed by atoms with E-state index in [1.54, 1.807) is 4.57 Å². The first-order valence-electron chi connectivity index (χ1n) is 16.7. The maximum atomic E-state index is 14.1. The van der Waals surface area contributed by atoms with E-state index < -0.39 is 36.2 Å². The Balaban J connectivity index is 1.23. The smallest absolute Gasteiger partial charge is 0.408 e. The fraction of sp³-hybridized carbons (Fsp3) is 0.647. The Morgan fingerprint density at radius 3 is 2.34 bits per heavy atom. The second-order valence-electron chi connectivity index (χ2n) is 13.8. The van der Waals surface area contributed by atoms with Crippen LogP contribution in [0.15, 0.2) is 35.1 Å². The highest BCUT2D eigenvalue weighted by atomic mass is 16.6. The lowest BCUT2D eigenvalue weighted by Gasteiger charge is -2.31. The van der Waals surface area contributed by atoms with Gasteiger partial charge in [0, 0.05) is 24.4 Å². The number of carbonyl (C=O) groups excluding carboxylic acids is 2. The third-order valence-electron chi connectivity index (χ3n) is 11.0. The van der Waals surface area contributed by atoms with Crippen molar-refractivity contribution in [2.75, 3.05) is 6.54 Å². The summed E-state index contributed by atoms with van der Waals surface area (Å²) < 4.78 is 14.2. The van der Waals surface area contributed by atoms with E-state index in [2.05, 4.69) is 5.32 Å². The van der Waals surface area contributed by atoms with Gasteiger partial charge in [-0.3, -0.25) is 14.2 Å². The molecule has 2 bridgehead atoms. The summed E-state index contributed by atoms with van der Waals surface area (Å²) >= 11 is 0. The standard InChI is InChI=1S/C34H43N3O7/c38-31-26-13-4-3-9-23(26)16-29-37(31)18-24-15-22(24)12-5-10-20-11-6-14-28(20)44-34(42)35-30(21-7-1-2-8-21)32(39)36-19-25(43-29)17-27(36)33(40)41/h3-4,9,13,16,20-22,24-25,27-28,30H,1-2,5-8,10-12,14-15,17-19H2,(H,35,42)(H,40,41)/t20-,22?,24?,25-,27+,28-,30+/m1/s1. The highest BCUT2D eigenvalue weighted by Crippen LogP contribution is 2.45. The minimum Gasteiger partial charge on any atom is -0.480 e. The predicted octanol–water partition coefficient (Wildman–Crippen LogP) is 4.71. The summed E-state index contributed by atoms with van der Waals surface area (Å²) in [5.41, 5.74) is -0.106. The fourth-order valence-corrected chi connectivity index (χ4v) is 8.48. The molecule has 1 aromatic carbocycles. The first-order chi connectivity index (χ1) is 21.4. The Bertz CT molecular complexity index is 1480. The van der Waals surface area contributed by atoms with Gasteiger partial charge >= 0.3 is 12.1 Å². The third kappa shape index (κ3) is 5.79. The summed E-state index contributed by atoms with van der Waals surface area (Å²) in [6.45, 7) is 0.617. The largest absolute Gasteiger partial charge is 0.480 e. The number of hydrogen-bond donors (Lipinski definition) is 2. The van der Waals surface area contributed by atoms with Gasteiger partial charge in [-0.05, 0) is 80.1 Å². The molecule has 10 heteroatoms. The lowest BCUT2D eigenvalue weighted by atomic mass is 9.96. The molecule has 3 aliphatic carbocycles. The molecule has 2 unspecified atom stereocenters. The Morgan fingerprint density at radius 2 is 1.55 bits per heavy atom. The molecule has 44 heavy (non-hydrogen) atoms. The number of rotatable bonds is 2. The van der Waals surface area contributed by atoms with Gasteiger partial charge in [0.2, 0.25) is 5.91 Å². The SMILES string of the molecule is O=C1N[C@@H](C2CCCC2)C(=O)N2C[C@@H](C[C@H]2C(=O)O)Oc2cc3ccccc3c(=O)n2CC2CC2CCC[C@@H]2CCC[C@H]2O1. The summed E-state index contributed by atoms with van der Waals surface area (Å²) in [5, 5.41) is 14.5. The highest BCUT2D eigenvalue weighted by Gasteiger charge is 2.46. The number of carboxylic acids is 1. The lowest BCUT2D eigenvalue weighted by molar-refractivity contribution is -0.149. The van der Waals surface area contributed by atoms with Crippen LogP contribution in [0.5, 0.6) is 5.88 Å².